The monoisotopic (exact) mass is 694 g/mol. The molecule has 4 aromatic carbocycles. The zero-order valence-electron chi connectivity index (χ0n) is 28.2. The van der Waals surface area contributed by atoms with E-state index in [1.807, 2.05) is 0 Å². The zero-order valence-corrected chi connectivity index (χ0v) is 31.5. The van der Waals surface area contributed by atoms with E-state index < -0.39 is 21.3 Å². The number of benzene rings is 4. The molecule has 2 heteroatoms. The van der Waals surface area contributed by atoms with Crippen LogP contribution in [0.25, 0.3) is 16.7 Å². The molecule has 0 spiro atoms. The fraction of sp³-hybridized carbons (Fsp3) is 0.250. The maximum absolute atomic E-state index is 2.95. The van der Waals surface area contributed by atoms with Crippen LogP contribution in [0.4, 0.5) is 0 Å². The number of rotatable bonds is 5. The summed E-state index contributed by atoms with van der Waals surface area (Å²) in [5.74, 6) is 0.400. The number of hydrogen-bond acceptors (Lipinski definition) is 1. The molecule has 1 unspecified atom stereocenters. The fourth-order valence-electron chi connectivity index (χ4n) is 7.18. The van der Waals surface area contributed by atoms with E-state index >= 15 is 0 Å². The number of thiophene rings is 1. The molecular formula is C44H44SZr. The second kappa shape index (κ2) is 12.1. The Bertz CT molecular complexity index is 1970. The topological polar surface area (TPSA) is 0 Å². The summed E-state index contributed by atoms with van der Waals surface area (Å²) >= 11 is -1.14. The first-order chi connectivity index (χ1) is 22.0. The predicted octanol–water partition coefficient (Wildman–Crippen LogP) is 11.0. The fourth-order valence-corrected chi connectivity index (χ4v) is 16.7. The van der Waals surface area contributed by atoms with Crippen LogP contribution < -0.4 is 3.27 Å². The van der Waals surface area contributed by atoms with Crippen molar-refractivity contribution >= 4 is 23.4 Å². The van der Waals surface area contributed by atoms with Crippen molar-refractivity contribution in [3.05, 3.63) is 162 Å². The molecule has 1 atom stereocenters. The van der Waals surface area contributed by atoms with Gasteiger partial charge in [-0.2, -0.15) is 0 Å². The first-order valence-electron chi connectivity index (χ1n) is 16.6. The molecule has 0 saturated carbocycles. The summed E-state index contributed by atoms with van der Waals surface area (Å²) in [6, 6.07) is 37.5. The molecule has 0 bridgehead atoms. The molecule has 230 valence electrons. The van der Waals surface area contributed by atoms with E-state index in [9.17, 15) is 0 Å². The van der Waals surface area contributed by atoms with Gasteiger partial charge in [0.05, 0.1) is 0 Å². The Kier molecular flexibility index (Phi) is 8.28. The van der Waals surface area contributed by atoms with Crippen LogP contribution in [0.2, 0.25) is 0 Å². The SMILES string of the molecule is CC1C=CC(c2ccsc2)=[C]1[Zr](=[C](c1ccccc1)c1ccccc1)[c]1cc(C(C)(C)C)cc2c1Cc1ccc(C(C)(C)C)cc1-2. The summed E-state index contributed by atoms with van der Waals surface area (Å²) in [7, 11) is 0. The van der Waals surface area contributed by atoms with E-state index in [0.717, 1.165) is 6.42 Å². The van der Waals surface area contributed by atoms with Gasteiger partial charge in [-0.1, -0.05) is 0 Å². The molecule has 0 saturated heterocycles. The van der Waals surface area contributed by atoms with Gasteiger partial charge in [0, 0.05) is 0 Å². The van der Waals surface area contributed by atoms with Crippen LogP contribution in [0, 0.1) is 5.92 Å². The van der Waals surface area contributed by atoms with Gasteiger partial charge in [-0.15, -0.1) is 0 Å². The van der Waals surface area contributed by atoms with E-state index in [4.69, 9.17) is 0 Å². The Hall–Kier alpha value is -3.19. The number of allylic oxidation sites excluding steroid dienone is 4. The quantitative estimate of drug-likeness (QED) is 0.168. The molecule has 2 aliphatic carbocycles. The van der Waals surface area contributed by atoms with Crippen molar-refractivity contribution in [2.75, 3.05) is 0 Å². The van der Waals surface area contributed by atoms with Crippen molar-refractivity contribution in [1.29, 1.82) is 0 Å². The molecule has 1 aromatic heterocycles. The Labute approximate surface area is 287 Å². The number of fused-ring (bicyclic) bond motifs is 3. The van der Waals surface area contributed by atoms with Crippen molar-refractivity contribution in [1.82, 2.24) is 0 Å². The van der Waals surface area contributed by atoms with E-state index in [-0.39, 0.29) is 10.8 Å². The molecule has 0 aliphatic heterocycles. The van der Waals surface area contributed by atoms with Crippen LogP contribution in [0.15, 0.2) is 123 Å². The predicted molar refractivity (Wildman–Crippen MR) is 197 cm³/mol. The molecule has 0 radical (unpaired) electrons. The average Bonchev–Trinajstić information content (AvgIpc) is 3.78. The van der Waals surface area contributed by atoms with Crippen LogP contribution >= 0.6 is 11.3 Å². The van der Waals surface area contributed by atoms with E-state index in [2.05, 4.69) is 168 Å². The normalized spacial score (nSPS) is 15.7. The molecule has 0 nitrogen and oxygen atoms in total. The Morgan fingerprint density at radius 3 is 1.93 bits per heavy atom. The van der Waals surface area contributed by atoms with Crippen molar-refractivity contribution in [2.45, 2.75) is 65.7 Å². The summed E-state index contributed by atoms with van der Waals surface area (Å²) < 4.78 is 4.93. The Morgan fingerprint density at radius 1 is 0.717 bits per heavy atom. The standard InChI is InChI=1S/C21H25.C13H10.C10H9S.Zr/c1-20(2,3)16-9-7-14-11-15-8-10-17(21(4,5)6)13-19(15)18(14)12-16;1-3-7-12(8-4-1)11-13-9-5-2-6-10-13;1-8-2-3-9(6-8)10-4-5-11-7-10;/h7,9-10,12-13H,11H2,1-6H3;1-10H;2-5,7-8H,1H3;. The molecule has 5 aromatic rings. The van der Waals surface area contributed by atoms with Gasteiger partial charge >= 0.3 is 290 Å². The molecule has 0 fully saturated rings. The summed E-state index contributed by atoms with van der Waals surface area (Å²) in [5.41, 5.74) is 14.6. The van der Waals surface area contributed by atoms with Crippen LogP contribution in [0.1, 0.15) is 87.4 Å². The van der Waals surface area contributed by atoms with Crippen molar-refractivity contribution < 1.29 is 21.3 Å². The second-order valence-corrected chi connectivity index (χ2v) is 21.6. The third kappa shape index (κ3) is 5.78. The van der Waals surface area contributed by atoms with Gasteiger partial charge in [-0.3, -0.25) is 0 Å². The van der Waals surface area contributed by atoms with Crippen molar-refractivity contribution in [3.63, 3.8) is 0 Å². The van der Waals surface area contributed by atoms with E-state index in [1.165, 1.54) is 50.1 Å². The van der Waals surface area contributed by atoms with Gasteiger partial charge < -0.3 is 0 Å². The third-order valence-electron chi connectivity index (χ3n) is 9.79. The van der Waals surface area contributed by atoms with Gasteiger partial charge in [-0.25, -0.2) is 0 Å². The van der Waals surface area contributed by atoms with Gasteiger partial charge in [-0.05, 0) is 0 Å². The van der Waals surface area contributed by atoms with Gasteiger partial charge in [0.1, 0.15) is 0 Å². The first kappa shape index (κ1) is 31.4. The molecule has 0 amide bonds. The van der Waals surface area contributed by atoms with Gasteiger partial charge in [0.25, 0.3) is 0 Å². The van der Waals surface area contributed by atoms with Crippen molar-refractivity contribution in [2.24, 2.45) is 5.92 Å². The summed E-state index contributed by atoms with van der Waals surface area (Å²) in [6.07, 6.45) is 5.92. The second-order valence-electron chi connectivity index (χ2n) is 15.1. The summed E-state index contributed by atoms with van der Waals surface area (Å²) in [4.78, 5) is 0. The van der Waals surface area contributed by atoms with Crippen LogP contribution in [0.3, 0.4) is 0 Å². The molecule has 2 aliphatic rings. The Balaban J connectivity index is 1.64. The first-order valence-corrected chi connectivity index (χ1v) is 21.3. The molecule has 7 rings (SSSR count). The van der Waals surface area contributed by atoms with Crippen LogP contribution in [-0.4, -0.2) is 3.21 Å². The van der Waals surface area contributed by atoms with E-state index in [0.29, 0.717) is 5.92 Å². The van der Waals surface area contributed by atoms with Gasteiger partial charge in [0.2, 0.25) is 0 Å². The van der Waals surface area contributed by atoms with Crippen molar-refractivity contribution in [3.8, 4) is 11.1 Å². The Morgan fingerprint density at radius 2 is 1.35 bits per heavy atom. The minimum absolute atomic E-state index is 0.0339. The molecular weight excluding hydrogens is 652 g/mol. The molecule has 1 heterocycles. The summed E-state index contributed by atoms with van der Waals surface area (Å²) in [5, 5.41) is 4.59. The zero-order chi connectivity index (χ0) is 32.2. The maximum atomic E-state index is 2.67. The van der Waals surface area contributed by atoms with Crippen LogP contribution in [0.5, 0.6) is 0 Å². The van der Waals surface area contributed by atoms with E-state index in [1.54, 1.807) is 26.7 Å². The van der Waals surface area contributed by atoms with Gasteiger partial charge in [0.15, 0.2) is 0 Å². The average molecular weight is 696 g/mol. The minimum atomic E-state index is -2.95. The molecule has 0 N–H and O–H groups in total. The summed E-state index contributed by atoms with van der Waals surface area (Å²) in [6.45, 7) is 16.6. The molecule has 46 heavy (non-hydrogen) atoms. The van der Waals surface area contributed by atoms with Crippen LogP contribution in [-0.2, 0) is 38.5 Å². The third-order valence-corrected chi connectivity index (χ3v) is 18.6. The number of hydrogen-bond donors (Lipinski definition) is 0.